The molecule has 108 valence electrons. The fourth-order valence-electron chi connectivity index (χ4n) is 2.51. The van der Waals surface area contributed by atoms with Crippen molar-refractivity contribution in [1.82, 2.24) is 5.32 Å². The van der Waals surface area contributed by atoms with Crippen LogP contribution in [0.1, 0.15) is 57.9 Å². The number of likely N-dealkylation sites (N-methyl/N-ethyl adjacent to an activating group) is 1. The minimum absolute atomic E-state index is 0.129. The minimum atomic E-state index is -0.129. The van der Waals surface area contributed by atoms with Crippen LogP contribution in [0.15, 0.2) is 24.3 Å². The van der Waals surface area contributed by atoms with Crippen LogP contribution in [0.3, 0.4) is 0 Å². The largest absolute Gasteiger partial charge is 0.314 e. The molecule has 0 spiro atoms. The molecule has 0 heterocycles. The van der Waals surface area contributed by atoms with Crippen LogP contribution in [0.2, 0.25) is 0 Å². The normalized spacial score (nSPS) is 12.6. The van der Waals surface area contributed by atoms with Gasteiger partial charge in [0, 0.05) is 6.04 Å². The highest BCUT2D eigenvalue weighted by Gasteiger charge is 2.08. The molecule has 1 N–H and O–H groups in total. The molecule has 19 heavy (non-hydrogen) atoms. The van der Waals surface area contributed by atoms with Crippen LogP contribution in [-0.4, -0.2) is 12.6 Å². The number of hydrogen-bond donors (Lipinski definition) is 1. The second-order valence-electron chi connectivity index (χ2n) is 5.29. The van der Waals surface area contributed by atoms with Gasteiger partial charge in [-0.25, -0.2) is 4.39 Å². The van der Waals surface area contributed by atoms with Crippen molar-refractivity contribution in [3.05, 3.63) is 35.6 Å². The predicted octanol–water partition coefficient (Wildman–Crippen LogP) is 4.71. The molecule has 0 aliphatic carbocycles. The van der Waals surface area contributed by atoms with Crippen molar-refractivity contribution in [1.29, 1.82) is 0 Å². The summed E-state index contributed by atoms with van der Waals surface area (Å²) in [5, 5.41) is 3.52. The Labute approximate surface area is 117 Å². The van der Waals surface area contributed by atoms with E-state index < -0.39 is 0 Å². The molecule has 0 aliphatic rings. The van der Waals surface area contributed by atoms with E-state index in [-0.39, 0.29) is 5.82 Å². The molecule has 1 aromatic rings. The summed E-state index contributed by atoms with van der Waals surface area (Å²) >= 11 is 0. The molecular weight excluding hydrogens is 237 g/mol. The van der Waals surface area contributed by atoms with E-state index >= 15 is 0 Å². The third kappa shape index (κ3) is 7.31. The molecule has 1 aromatic carbocycles. The summed E-state index contributed by atoms with van der Waals surface area (Å²) in [6.45, 7) is 5.36. The van der Waals surface area contributed by atoms with Crippen LogP contribution < -0.4 is 5.32 Å². The summed E-state index contributed by atoms with van der Waals surface area (Å²) in [5.74, 6) is -0.129. The van der Waals surface area contributed by atoms with Crippen molar-refractivity contribution in [2.24, 2.45) is 0 Å². The number of rotatable bonds is 10. The van der Waals surface area contributed by atoms with Crippen LogP contribution in [-0.2, 0) is 6.42 Å². The van der Waals surface area contributed by atoms with Crippen molar-refractivity contribution in [2.45, 2.75) is 64.8 Å². The van der Waals surface area contributed by atoms with Gasteiger partial charge in [0.25, 0.3) is 0 Å². The van der Waals surface area contributed by atoms with Crippen LogP contribution in [0.25, 0.3) is 0 Å². The topological polar surface area (TPSA) is 12.0 Å². The smallest absolute Gasteiger partial charge is 0.123 e. The highest BCUT2D eigenvalue weighted by atomic mass is 19.1. The van der Waals surface area contributed by atoms with Crippen molar-refractivity contribution in [3.8, 4) is 0 Å². The maximum Gasteiger partial charge on any atom is 0.123 e. The molecule has 1 atom stereocenters. The number of unbranched alkanes of at least 4 members (excludes halogenated alkanes) is 4. The number of nitrogens with one attached hydrogen (secondary N) is 1. The summed E-state index contributed by atoms with van der Waals surface area (Å²) in [6, 6.07) is 7.46. The molecule has 1 unspecified atom stereocenters. The SMILES string of the molecule is CCCCCCCC(Cc1cccc(F)c1)NCC. The molecule has 0 bridgehead atoms. The molecule has 0 amide bonds. The van der Waals surface area contributed by atoms with Gasteiger partial charge >= 0.3 is 0 Å². The Bertz CT molecular complexity index is 338. The zero-order valence-electron chi connectivity index (χ0n) is 12.4. The summed E-state index contributed by atoms with van der Waals surface area (Å²) in [5.41, 5.74) is 1.10. The van der Waals surface area contributed by atoms with Gasteiger partial charge in [-0.3, -0.25) is 0 Å². The Morgan fingerprint density at radius 3 is 2.58 bits per heavy atom. The fraction of sp³-hybridized carbons (Fsp3) is 0.647. The second kappa shape index (κ2) is 9.96. The van der Waals surface area contributed by atoms with Crippen LogP contribution in [0, 0.1) is 5.82 Å². The molecule has 0 saturated heterocycles. The van der Waals surface area contributed by atoms with Gasteiger partial charge in [0.1, 0.15) is 5.82 Å². The number of hydrogen-bond acceptors (Lipinski definition) is 1. The predicted molar refractivity (Wildman–Crippen MR) is 80.9 cm³/mol. The van der Waals surface area contributed by atoms with E-state index in [1.54, 1.807) is 12.1 Å². The van der Waals surface area contributed by atoms with E-state index in [4.69, 9.17) is 0 Å². The lowest BCUT2D eigenvalue weighted by Crippen LogP contribution is -2.30. The van der Waals surface area contributed by atoms with E-state index in [0.29, 0.717) is 6.04 Å². The van der Waals surface area contributed by atoms with E-state index in [1.807, 2.05) is 6.07 Å². The Balaban J connectivity index is 2.35. The van der Waals surface area contributed by atoms with Gasteiger partial charge in [-0.05, 0) is 37.1 Å². The first-order chi connectivity index (χ1) is 9.26. The lowest BCUT2D eigenvalue weighted by Gasteiger charge is -2.18. The van der Waals surface area contributed by atoms with Gasteiger partial charge in [0.05, 0.1) is 0 Å². The number of benzene rings is 1. The van der Waals surface area contributed by atoms with E-state index in [2.05, 4.69) is 19.2 Å². The molecule has 0 aromatic heterocycles. The van der Waals surface area contributed by atoms with Crippen molar-refractivity contribution in [3.63, 3.8) is 0 Å². The molecule has 2 heteroatoms. The third-order valence-electron chi connectivity index (χ3n) is 3.52. The van der Waals surface area contributed by atoms with Crippen molar-refractivity contribution in [2.75, 3.05) is 6.54 Å². The standard InChI is InChI=1S/C17H28FN/c1-3-5-6-7-8-12-17(19-4-2)14-15-10-9-11-16(18)13-15/h9-11,13,17,19H,3-8,12,14H2,1-2H3. The van der Waals surface area contributed by atoms with Crippen LogP contribution in [0.5, 0.6) is 0 Å². The summed E-state index contributed by atoms with van der Waals surface area (Å²) in [6.07, 6.45) is 8.68. The zero-order chi connectivity index (χ0) is 13.9. The van der Waals surface area contributed by atoms with E-state index in [0.717, 1.165) is 18.5 Å². The second-order valence-corrected chi connectivity index (χ2v) is 5.29. The first kappa shape index (κ1) is 16.2. The average Bonchev–Trinajstić information content (AvgIpc) is 2.38. The third-order valence-corrected chi connectivity index (χ3v) is 3.52. The molecule has 0 aliphatic heterocycles. The van der Waals surface area contributed by atoms with E-state index in [9.17, 15) is 4.39 Å². The summed E-state index contributed by atoms with van der Waals surface area (Å²) in [7, 11) is 0. The monoisotopic (exact) mass is 265 g/mol. The fourth-order valence-corrected chi connectivity index (χ4v) is 2.51. The van der Waals surface area contributed by atoms with Gasteiger partial charge in [0.2, 0.25) is 0 Å². The highest BCUT2D eigenvalue weighted by molar-refractivity contribution is 5.17. The molecule has 0 radical (unpaired) electrons. The van der Waals surface area contributed by atoms with Crippen molar-refractivity contribution < 1.29 is 4.39 Å². The average molecular weight is 265 g/mol. The van der Waals surface area contributed by atoms with Gasteiger partial charge < -0.3 is 5.32 Å². The van der Waals surface area contributed by atoms with Crippen LogP contribution >= 0.6 is 0 Å². The van der Waals surface area contributed by atoms with Gasteiger partial charge in [0.15, 0.2) is 0 Å². The molecular formula is C17H28FN. The van der Waals surface area contributed by atoms with Crippen molar-refractivity contribution >= 4 is 0 Å². The maximum atomic E-state index is 13.2. The minimum Gasteiger partial charge on any atom is -0.314 e. The van der Waals surface area contributed by atoms with Gasteiger partial charge in [-0.2, -0.15) is 0 Å². The molecule has 1 nitrogen and oxygen atoms in total. The molecule has 1 rings (SSSR count). The zero-order valence-corrected chi connectivity index (χ0v) is 12.4. The molecule has 0 fully saturated rings. The molecule has 0 saturated carbocycles. The lowest BCUT2D eigenvalue weighted by atomic mass is 9.99. The van der Waals surface area contributed by atoms with Gasteiger partial charge in [-0.15, -0.1) is 0 Å². The lowest BCUT2D eigenvalue weighted by molar-refractivity contribution is 0.460. The highest BCUT2D eigenvalue weighted by Crippen LogP contribution is 2.12. The van der Waals surface area contributed by atoms with E-state index in [1.165, 1.54) is 44.6 Å². The van der Waals surface area contributed by atoms with Gasteiger partial charge in [-0.1, -0.05) is 58.1 Å². The Morgan fingerprint density at radius 1 is 1.11 bits per heavy atom. The summed E-state index contributed by atoms with van der Waals surface area (Å²) < 4.78 is 13.2. The Hall–Kier alpha value is -0.890. The Kier molecular flexibility index (Phi) is 8.48. The maximum absolute atomic E-state index is 13.2. The Morgan fingerprint density at radius 2 is 1.89 bits per heavy atom. The summed E-state index contributed by atoms with van der Waals surface area (Å²) in [4.78, 5) is 0. The quantitative estimate of drug-likeness (QED) is 0.604. The first-order valence-electron chi connectivity index (χ1n) is 7.74. The first-order valence-corrected chi connectivity index (χ1v) is 7.74. The number of halogens is 1. The van der Waals surface area contributed by atoms with Crippen LogP contribution in [0.4, 0.5) is 4.39 Å².